The van der Waals surface area contributed by atoms with Crippen molar-refractivity contribution in [2.45, 2.75) is 39.2 Å². The highest BCUT2D eigenvalue weighted by Gasteiger charge is 2.19. The smallest absolute Gasteiger partial charge is 0.305 e. The number of hydrogen-bond donors (Lipinski definition) is 2. The van der Waals surface area contributed by atoms with Crippen LogP contribution in [0.4, 0.5) is 4.39 Å². The fourth-order valence-electron chi connectivity index (χ4n) is 3.14. The molecule has 0 radical (unpaired) electrons. The van der Waals surface area contributed by atoms with E-state index in [1.807, 2.05) is 13.8 Å². The molecular weight excluding hydrogens is 365 g/mol. The highest BCUT2D eigenvalue weighted by molar-refractivity contribution is 5.78. The number of halogens is 1. The average Bonchev–Trinajstić information content (AvgIpc) is 3.09. The summed E-state index contributed by atoms with van der Waals surface area (Å²) in [6, 6.07) is 4.69. The normalized spacial score (nSPS) is 12.1. The first-order valence-corrected chi connectivity index (χ1v) is 8.77. The fraction of sp³-hybridized carbons (Fsp3) is 0.316. The number of nitrogens with zero attached hydrogens (tertiary/aromatic N) is 4. The number of aromatic nitrogens is 4. The van der Waals surface area contributed by atoms with E-state index >= 15 is 0 Å². The Hall–Kier alpha value is -3.36. The number of amides is 1. The molecule has 0 bridgehead atoms. The van der Waals surface area contributed by atoms with E-state index in [9.17, 15) is 14.0 Å². The number of nitrogens with one attached hydrogen (secondary N) is 1. The summed E-state index contributed by atoms with van der Waals surface area (Å²) in [6.07, 6.45) is 1.71. The number of carboxylic acid groups (broad SMARTS) is 1. The molecule has 0 spiro atoms. The molecule has 0 saturated heterocycles. The van der Waals surface area contributed by atoms with Gasteiger partial charge in [0.25, 0.3) is 5.78 Å². The minimum absolute atomic E-state index is 0.154. The minimum Gasteiger partial charge on any atom is -0.481 e. The average molecular weight is 385 g/mol. The van der Waals surface area contributed by atoms with Crippen LogP contribution in [0.25, 0.3) is 5.78 Å². The van der Waals surface area contributed by atoms with Crippen LogP contribution in [-0.2, 0) is 16.0 Å². The van der Waals surface area contributed by atoms with E-state index in [0.29, 0.717) is 17.8 Å². The molecule has 1 aromatic carbocycles. The van der Waals surface area contributed by atoms with Crippen LogP contribution in [-0.4, -0.2) is 36.6 Å². The van der Waals surface area contributed by atoms with Gasteiger partial charge in [-0.2, -0.15) is 10.1 Å². The Kier molecular flexibility index (Phi) is 5.62. The molecule has 0 aliphatic heterocycles. The summed E-state index contributed by atoms with van der Waals surface area (Å²) >= 11 is 0. The zero-order valence-electron chi connectivity index (χ0n) is 15.5. The lowest BCUT2D eigenvalue weighted by Gasteiger charge is -2.18. The largest absolute Gasteiger partial charge is 0.481 e. The number of carbonyl (C=O) groups excluding carboxylic acids is 1. The minimum atomic E-state index is -1.05. The van der Waals surface area contributed by atoms with Crippen LogP contribution in [0.5, 0.6) is 0 Å². The highest BCUT2D eigenvalue weighted by Crippen LogP contribution is 2.19. The summed E-state index contributed by atoms with van der Waals surface area (Å²) in [4.78, 5) is 32.0. The molecule has 9 heteroatoms. The van der Waals surface area contributed by atoms with Crippen molar-refractivity contribution in [2.24, 2.45) is 0 Å². The van der Waals surface area contributed by atoms with Gasteiger partial charge < -0.3 is 10.4 Å². The third kappa shape index (κ3) is 4.30. The van der Waals surface area contributed by atoms with Gasteiger partial charge in [0.1, 0.15) is 12.1 Å². The number of rotatable bonds is 7. The molecule has 8 nitrogen and oxygen atoms in total. The van der Waals surface area contributed by atoms with Gasteiger partial charge in [0, 0.05) is 17.8 Å². The molecule has 2 aromatic heterocycles. The standard InChI is InChI=1S/C19H20FN5O3/c1-11-15(12(2)25-19(23-11)21-10-22-25)7-8-17(26)24-16(9-18(27)28)13-3-5-14(20)6-4-13/h3-6,10,16H,7-9H2,1-2H3,(H,24,26)(H,27,28). The van der Waals surface area contributed by atoms with Crippen LogP contribution in [0.2, 0.25) is 0 Å². The fourth-order valence-corrected chi connectivity index (χ4v) is 3.14. The van der Waals surface area contributed by atoms with Crippen molar-refractivity contribution in [2.75, 3.05) is 0 Å². The lowest BCUT2D eigenvalue weighted by molar-refractivity contribution is -0.137. The molecule has 0 aliphatic rings. The number of fused-ring (bicyclic) bond motifs is 1. The molecule has 0 saturated carbocycles. The Bertz CT molecular complexity index is 1020. The SMILES string of the molecule is Cc1nc2ncnn2c(C)c1CCC(=O)NC(CC(=O)O)c1ccc(F)cc1. The van der Waals surface area contributed by atoms with Gasteiger partial charge in [-0.05, 0) is 43.5 Å². The highest BCUT2D eigenvalue weighted by atomic mass is 19.1. The Morgan fingerprint density at radius 2 is 1.96 bits per heavy atom. The Morgan fingerprint density at radius 3 is 2.64 bits per heavy atom. The van der Waals surface area contributed by atoms with Gasteiger partial charge >= 0.3 is 5.97 Å². The van der Waals surface area contributed by atoms with Gasteiger partial charge in [-0.25, -0.2) is 13.9 Å². The van der Waals surface area contributed by atoms with Crippen molar-refractivity contribution < 1.29 is 19.1 Å². The summed E-state index contributed by atoms with van der Waals surface area (Å²) in [7, 11) is 0. The summed E-state index contributed by atoms with van der Waals surface area (Å²) in [5, 5.41) is 16.0. The van der Waals surface area contributed by atoms with Gasteiger partial charge in [-0.1, -0.05) is 12.1 Å². The van der Waals surface area contributed by atoms with Gasteiger partial charge in [0.05, 0.1) is 12.5 Å². The molecule has 2 N–H and O–H groups in total. The molecular formula is C19H20FN5O3. The number of carbonyl (C=O) groups is 2. The zero-order chi connectivity index (χ0) is 20.3. The lowest BCUT2D eigenvalue weighted by Crippen LogP contribution is -2.30. The molecule has 28 heavy (non-hydrogen) atoms. The number of benzene rings is 1. The van der Waals surface area contributed by atoms with E-state index in [-0.39, 0.29) is 18.7 Å². The van der Waals surface area contributed by atoms with Gasteiger partial charge in [0.15, 0.2) is 0 Å². The van der Waals surface area contributed by atoms with Gasteiger partial charge in [0.2, 0.25) is 5.91 Å². The molecule has 2 heterocycles. The van der Waals surface area contributed by atoms with Crippen LogP contribution in [0.3, 0.4) is 0 Å². The summed E-state index contributed by atoms with van der Waals surface area (Å²) < 4.78 is 14.7. The molecule has 1 atom stereocenters. The number of carboxylic acids is 1. The van der Waals surface area contributed by atoms with Crippen molar-refractivity contribution in [3.05, 3.63) is 58.9 Å². The second kappa shape index (κ2) is 8.12. The third-order valence-corrected chi connectivity index (χ3v) is 4.58. The van der Waals surface area contributed by atoms with Crippen LogP contribution in [0, 0.1) is 19.7 Å². The van der Waals surface area contributed by atoms with E-state index in [0.717, 1.165) is 17.0 Å². The van der Waals surface area contributed by atoms with E-state index in [1.165, 1.54) is 30.6 Å². The van der Waals surface area contributed by atoms with Crippen LogP contribution >= 0.6 is 0 Å². The van der Waals surface area contributed by atoms with Crippen molar-refractivity contribution in [3.63, 3.8) is 0 Å². The van der Waals surface area contributed by atoms with Crippen molar-refractivity contribution >= 4 is 17.7 Å². The summed E-state index contributed by atoms with van der Waals surface area (Å²) in [6.45, 7) is 3.73. The molecule has 146 valence electrons. The number of aliphatic carboxylic acids is 1. The summed E-state index contributed by atoms with van der Waals surface area (Å²) in [5.74, 6) is -1.28. The van der Waals surface area contributed by atoms with Crippen LogP contribution < -0.4 is 5.32 Å². The first kappa shape index (κ1) is 19.4. The quantitative estimate of drug-likeness (QED) is 0.645. The first-order valence-electron chi connectivity index (χ1n) is 8.77. The molecule has 0 fully saturated rings. The van der Waals surface area contributed by atoms with E-state index < -0.39 is 17.8 Å². The maximum atomic E-state index is 13.1. The van der Waals surface area contributed by atoms with Crippen LogP contribution in [0.1, 0.15) is 41.4 Å². The lowest BCUT2D eigenvalue weighted by atomic mass is 10.0. The first-order chi connectivity index (χ1) is 13.3. The zero-order valence-corrected chi connectivity index (χ0v) is 15.5. The van der Waals surface area contributed by atoms with Crippen molar-refractivity contribution in [1.82, 2.24) is 24.9 Å². The van der Waals surface area contributed by atoms with Crippen LogP contribution in [0.15, 0.2) is 30.6 Å². The van der Waals surface area contributed by atoms with Crippen molar-refractivity contribution in [1.29, 1.82) is 0 Å². The molecule has 3 aromatic rings. The van der Waals surface area contributed by atoms with E-state index in [1.54, 1.807) is 4.52 Å². The van der Waals surface area contributed by atoms with Crippen molar-refractivity contribution in [3.8, 4) is 0 Å². The van der Waals surface area contributed by atoms with E-state index in [2.05, 4.69) is 20.4 Å². The second-order valence-corrected chi connectivity index (χ2v) is 6.50. The second-order valence-electron chi connectivity index (χ2n) is 6.50. The topological polar surface area (TPSA) is 109 Å². The Morgan fingerprint density at radius 1 is 1.25 bits per heavy atom. The Labute approximate surface area is 160 Å². The number of hydrogen-bond acceptors (Lipinski definition) is 5. The van der Waals surface area contributed by atoms with Gasteiger partial charge in [-0.3, -0.25) is 9.59 Å². The monoisotopic (exact) mass is 385 g/mol. The molecule has 0 aliphatic carbocycles. The number of aryl methyl sites for hydroxylation is 2. The third-order valence-electron chi connectivity index (χ3n) is 4.58. The molecule has 3 rings (SSSR count). The van der Waals surface area contributed by atoms with E-state index in [4.69, 9.17) is 5.11 Å². The Balaban J connectivity index is 1.71. The maximum absolute atomic E-state index is 13.1. The molecule has 1 unspecified atom stereocenters. The predicted octanol–water partition coefficient (Wildman–Crippen LogP) is 2.15. The maximum Gasteiger partial charge on any atom is 0.305 e. The predicted molar refractivity (Wildman–Crippen MR) is 98.1 cm³/mol. The van der Waals surface area contributed by atoms with Gasteiger partial charge in [-0.15, -0.1) is 0 Å². The molecule has 1 amide bonds. The summed E-state index contributed by atoms with van der Waals surface area (Å²) in [5.41, 5.74) is 3.06.